The molecular formula is C26H27N5OS. The molecule has 7 heteroatoms. The average Bonchev–Trinajstić information content (AvgIpc) is 3.41. The van der Waals surface area contributed by atoms with Crippen LogP contribution >= 0.6 is 11.3 Å². The van der Waals surface area contributed by atoms with Crippen LogP contribution in [-0.2, 0) is 6.54 Å². The van der Waals surface area contributed by atoms with Crippen LogP contribution in [0.15, 0.2) is 54.7 Å². The van der Waals surface area contributed by atoms with Crippen molar-refractivity contribution in [3.8, 4) is 33.5 Å². The van der Waals surface area contributed by atoms with Gasteiger partial charge >= 0.3 is 0 Å². The largest absolute Gasteiger partial charge is 0.497 e. The monoisotopic (exact) mass is 457 g/mol. The first-order valence-electron chi connectivity index (χ1n) is 11.2. The molecule has 0 atom stereocenters. The highest BCUT2D eigenvalue weighted by Gasteiger charge is 2.20. The predicted molar refractivity (Wildman–Crippen MR) is 133 cm³/mol. The fourth-order valence-electron chi connectivity index (χ4n) is 4.39. The smallest absolute Gasteiger partial charge is 0.137 e. The van der Waals surface area contributed by atoms with Crippen LogP contribution in [0.1, 0.15) is 17.0 Å². The van der Waals surface area contributed by atoms with Crippen molar-refractivity contribution >= 4 is 17.0 Å². The van der Waals surface area contributed by atoms with E-state index in [0.717, 1.165) is 70.7 Å². The maximum absolute atomic E-state index is 9.23. The third kappa shape index (κ3) is 4.51. The lowest BCUT2D eigenvalue weighted by Crippen LogP contribution is -2.29. The van der Waals surface area contributed by atoms with E-state index in [0.29, 0.717) is 0 Å². The van der Waals surface area contributed by atoms with Crippen LogP contribution in [0.5, 0.6) is 5.75 Å². The molecule has 1 aromatic carbocycles. The molecule has 1 aliphatic heterocycles. The number of thiophene rings is 1. The van der Waals surface area contributed by atoms with E-state index in [2.05, 4.69) is 57.8 Å². The summed E-state index contributed by atoms with van der Waals surface area (Å²) in [5.74, 6) is 0.841. The second-order valence-electron chi connectivity index (χ2n) is 8.49. The third-order valence-electron chi connectivity index (χ3n) is 6.27. The number of nitrogens with zero attached hydrogens (tertiary/aromatic N) is 5. The second kappa shape index (κ2) is 9.36. The van der Waals surface area contributed by atoms with E-state index in [9.17, 15) is 5.26 Å². The molecule has 3 aromatic heterocycles. The molecule has 0 radical (unpaired) electrons. The number of likely N-dealkylation sites (N-methyl/N-ethyl adjacent to an activating group) is 1. The number of pyridine rings is 1. The highest BCUT2D eigenvalue weighted by atomic mass is 32.1. The Hall–Kier alpha value is -3.18. The van der Waals surface area contributed by atoms with Crippen molar-refractivity contribution in [2.24, 2.45) is 0 Å². The number of methoxy groups -OCH3 is 1. The van der Waals surface area contributed by atoms with E-state index < -0.39 is 0 Å². The van der Waals surface area contributed by atoms with Gasteiger partial charge in [-0.2, -0.15) is 5.26 Å². The second-order valence-corrected chi connectivity index (χ2v) is 9.57. The van der Waals surface area contributed by atoms with Gasteiger partial charge in [0.2, 0.25) is 0 Å². The van der Waals surface area contributed by atoms with Crippen molar-refractivity contribution in [1.29, 1.82) is 5.26 Å². The van der Waals surface area contributed by atoms with Crippen molar-refractivity contribution in [1.82, 2.24) is 19.2 Å². The molecular weight excluding hydrogens is 430 g/mol. The number of nitriles is 1. The molecule has 1 fully saturated rings. The Kier molecular flexibility index (Phi) is 6.14. The summed E-state index contributed by atoms with van der Waals surface area (Å²) >= 11 is 1.52. The standard InChI is InChI=1S/C26H27N5OS/c1-29-12-3-13-30(15-14-29)18-23-26(19-4-7-21(32-2)8-5-19)28-25-11-6-20(17-31(23)25)24-10-9-22(16-27)33-24/h4-11,17H,3,12-15,18H2,1-2H3. The first kappa shape index (κ1) is 21.7. The topological polar surface area (TPSA) is 56.8 Å². The maximum Gasteiger partial charge on any atom is 0.137 e. The average molecular weight is 458 g/mol. The summed E-state index contributed by atoms with van der Waals surface area (Å²) in [5.41, 5.74) is 5.33. The minimum atomic E-state index is 0.726. The summed E-state index contributed by atoms with van der Waals surface area (Å²) in [4.78, 5) is 11.8. The van der Waals surface area contributed by atoms with Gasteiger partial charge in [0.25, 0.3) is 0 Å². The summed E-state index contributed by atoms with van der Waals surface area (Å²) in [7, 11) is 3.88. The van der Waals surface area contributed by atoms with Gasteiger partial charge in [0.1, 0.15) is 22.3 Å². The Morgan fingerprint density at radius 1 is 1.00 bits per heavy atom. The van der Waals surface area contributed by atoms with Gasteiger partial charge in [-0.25, -0.2) is 4.98 Å². The van der Waals surface area contributed by atoms with Gasteiger partial charge in [-0.1, -0.05) is 0 Å². The van der Waals surface area contributed by atoms with Crippen LogP contribution in [0.4, 0.5) is 0 Å². The molecule has 1 saturated heterocycles. The molecule has 33 heavy (non-hydrogen) atoms. The quantitative estimate of drug-likeness (QED) is 0.433. The van der Waals surface area contributed by atoms with Crippen LogP contribution in [0.3, 0.4) is 0 Å². The molecule has 1 aliphatic rings. The number of hydrogen-bond acceptors (Lipinski definition) is 6. The van der Waals surface area contributed by atoms with Crippen LogP contribution < -0.4 is 4.74 Å². The van der Waals surface area contributed by atoms with Crippen molar-refractivity contribution in [3.05, 3.63) is 65.3 Å². The Labute approximate surface area is 198 Å². The minimum Gasteiger partial charge on any atom is -0.497 e. The third-order valence-corrected chi connectivity index (χ3v) is 7.31. The SMILES string of the molecule is COc1ccc(-c2nc3ccc(-c4ccc(C#N)s4)cn3c2CN2CCCN(C)CC2)cc1. The number of benzene rings is 1. The number of ether oxygens (including phenoxy) is 1. The van der Waals surface area contributed by atoms with Crippen LogP contribution in [0.2, 0.25) is 0 Å². The molecule has 5 rings (SSSR count). The molecule has 4 aromatic rings. The molecule has 0 aliphatic carbocycles. The van der Waals surface area contributed by atoms with Crippen LogP contribution in [0.25, 0.3) is 27.3 Å². The summed E-state index contributed by atoms with van der Waals surface area (Å²) in [5, 5.41) is 9.23. The van der Waals surface area contributed by atoms with E-state index in [4.69, 9.17) is 9.72 Å². The number of imidazole rings is 1. The summed E-state index contributed by atoms with van der Waals surface area (Å²) < 4.78 is 7.59. The van der Waals surface area contributed by atoms with Crippen LogP contribution in [0, 0.1) is 11.3 Å². The van der Waals surface area contributed by atoms with E-state index in [1.165, 1.54) is 23.5 Å². The van der Waals surface area contributed by atoms with Gasteiger partial charge in [-0.3, -0.25) is 4.90 Å². The molecule has 0 saturated carbocycles. The zero-order valence-electron chi connectivity index (χ0n) is 19.0. The molecule has 4 heterocycles. The van der Waals surface area contributed by atoms with Gasteiger partial charge < -0.3 is 14.0 Å². The molecule has 0 unspecified atom stereocenters. The van der Waals surface area contributed by atoms with Crippen molar-refractivity contribution < 1.29 is 4.74 Å². The zero-order valence-corrected chi connectivity index (χ0v) is 19.8. The number of rotatable bonds is 5. The van der Waals surface area contributed by atoms with E-state index in [-0.39, 0.29) is 0 Å². The molecule has 0 spiro atoms. The Morgan fingerprint density at radius 3 is 2.58 bits per heavy atom. The van der Waals surface area contributed by atoms with Crippen molar-refractivity contribution in [3.63, 3.8) is 0 Å². The summed E-state index contributed by atoms with van der Waals surface area (Å²) in [6.07, 6.45) is 3.34. The minimum absolute atomic E-state index is 0.726. The number of aromatic nitrogens is 2. The lowest BCUT2D eigenvalue weighted by molar-refractivity contribution is 0.266. The highest BCUT2D eigenvalue weighted by molar-refractivity contribution is 7.16. The van der Waals surface area contributed by atoms with Gasteiger partial charge in [0.15, 0.2) is 0 Å². The molecule has 0 bridgehead atoms. The lowest BCUT2D eigenvalue weighted by Gasteiger charge is -2.20. The normalized spacial score (nSPS) is 15.4. The molecule has 0 N–H and O–H groups in total. The van der Waals surface area contributed by atoms with Gasteiger partial charge in [-0.15, -0.1) is 11.3 Å². The lowest BCUT2D eigenvalue weighted by atomic mass is 10.1. The van der Waals surface area contributed by atoms with Crippen LogP contribution in [-0.4, -0.2) is 59.5 Å². The fraction of sp³-hybridized carbons (Fsp3) is 0.308. The molecule has 6 nitrogen and oxygen atoms in total. The first-order chi connectivity index (χ1) is 16.1. The molecule has 168 valence electrons. The van der Waals surface area contributed by atoms with E-state index in [1.54, 1.807) is 7.11 Å². The number of fused-ring (bicyclic) bond motifs is 1. The van der Waals surface area contributed by atoms with E-state index in [1.807, 2.05) is 24.3 Å². The number of hydrogen-bond donors (Lipinski definition) is 0. The summed E-state index contributed by atoms with van der Waals surface area (Å²) in [6, 6.07) is 18.5. The maximum atomic E-state index is 9.23. The highest BCUT2D eigenvalue weighted by Crippen LogP contribution is 2.32. The first-order valence-corrected chi connectivity index (χ1v) is 12.0. The zero-order chi connectivity index (χ0) is 22.8. The van der Waals surface area contributed by atoms with E-state index >= 15 is 0 Å². The summed E-state index contributed by atoms with van der Waals surface area (Å²) in [6.45, 7) is 5.18. The Morgan fingerprint density at radius 2 is 1.82 bits per heavy atom. The predicted octanol–water partition coefficient (Wildman–Crippen LogP) is 4.75. The Bertz CT molecular complexity index is 1300. The van der Waals surface area contributed by atoms with Crippen molar-refractivity contribution in [2.45, 2.75) is 13.0 Å². The fourth-order valence-corrected chi connectivity index (χ4v) is 5.19. The van der Waals surface area contributed by atoms with Gasteiger partial charge in [-0.05, 0) is 75.1 Å². The van der Waals surface area contributed by atoms with Gasteiger partial charge in [0.05, 0.1) is 18.5 Å². The van der Waals surface area contributed by atoms with Crippen molar-refractivity contribution in [2.75, 3.05) is 40.3 Å². The Balaban J connectivity index is 1.59. The molecule has 0 amide bonds. The van der Waals surface area contributed by atoms with Gasteiger partial charge in [0, 0.05) is 41.8 Å².